The fourth-order valence-electron chi connectivity index (χ4n) is 10.3. The lowest BCUT2D eigenvalue weighted by molar-refractivity contribution is 0.332. The molecule has 11 aromatic rings. The molecule has 0 bridgehead atoms. The number of benzene rings is 8. The van der Waals surface area contributed by atoms with Gasteiger partial charge in [0.05, 0.1) is 22.1 Å². The molecule has 57 heavy (non-hydrogen) atoms. The first kappa shape index (κ1) is 32.6. The average molecular weight is 735 g/mol. The predicted molar refractivity (Wildman–Crippen MR) is 241 cm³/mol. The van der Waals surface area contributed by atoms with E-state index in [0.717, 1.165) is 33.3 Å². The van der Waals surface area contributed by atoms with E-state index in [-0.39, 0.29) is 10.8 Å². The molecule has 274 valence electrons. The Bertz CT molecular complexity index is 3460. The molecule has 3 heteroatoms. The van der Waals surface area contributed by atoms with E-state index in [0.29, 0.717) is 0 Å². The van der Waals surface area contributed by atoms with Crippen molar-refractivity contribution in [3.63, 3.8) is 0 Å². The van der Waals surface area contributed by atoms with Gasteiger partial charge in [-0.1, -0.05) is 119 Å². The molecule has 0 unspecified atom stereocenters. The van der Waals surface area contributed by atoms with Crippen molar-refractivity contribution in [1.82, 2.24) is 9.13 Å². The maximum atomic E-state index is 6.35. The summed E-state index contributed by atoms with van der Waals surface area (Å²) in [4.78, 5) is 0. The van der Waals surface area contributed by atoms with Crippen LogP contribution in [0.5, 0.6) is 0 Å². The summed E-state index contributed by atoms with van der Waals surface area (Å²) in [6, 6.07) is 58.3. The molecule has 0 aliphatic heterocycles. The van der Waals surface area contributed by atoms with Crippen molar-refractivity contribution in [3.05, 3.63) is 169 Å². The van der Waals surface area contributed by atoms with Gasteiger partial charge in [0.1, 0.15) is 11.2 Å². The largest absolute Gasteiger partial charge is 0.456 e. The van der Waals surface area contributed by atoms with Crippen LogP contribution in [0, 0.1) is 0 Å². The van der Waals surface area contributed by atoms with Crippen LogP contribution in [-0.4, -0.2) is 9.13 Å². The van der Waals surface area contributed by atoms with Gasteiger partial charge in [-0.3, -0.25) is 0 Å². The number of rotatable bonds is 3. The molecule has 0 amide bonds. The molecule has 0 fully saturated rings. The molecule has 0 radical (unpaired) electrons. The number of fused-ring (bicyclic) bond motifs is 12. The van der Waals surface area contributed by atoms with Crippen LogP contribution in [-0.2, 0) is 10.8 Å². The zero-order chi connectivity index (χ0) is 38.2. The lowest BCUT2D eigenvalue weighted by atomic mass is 9.63. The second kappa shape index (κ2) is 11.5. The highest BCUT2D eigenvalue weighted by atomic mass is 16.3. The molecule has 0 saturated carbocycles. The average Bonchev–Trinajstić information content (AvgIpc) is 3.89. The molecule has 8 aromatic carbocycles. The zero-order valence-corrected chi connectivity index (χ0v) is 32.7. The van der Waals surface area contributed by atoms with Crippen LogP contribution in [0.1, 0.15) is 51.7 Å². The van der Waals surface area contributed by atoms with E-state index in [1.54, 1.807) is 0 Å². The van der Waals surface area contributed by atoms with Gasteiger partial charge in [0.25, 0.3) is 0 Å². The summed E-state index contributed by atoms with van der Waals surface area (Å²) in [7, 11) is 0. The SMILES string of the molecule is CC1(C)CCC(C)(C)c2cc3c(cc21)c1cc2c4c5ccccc5ccc4n(-c4ccccc4)c2cc1n3-c1cccc(-c2cccc3oc4ccccc4c23)c1. The molecule has 3 aromatic heterocycles. The fraction of sp³-hybridized carbons (Fsp3) is 0.148. The van der Waals surface area contributed by atoms with Gasteiger partial charge in [-0.05, 0) is 123 Å². The third-order valence-electron chi connectivity index (χ3n) is 13.3. The highest BCUT2D eigenvalue weighted by molar-refractivity contribution is 6.25. The standard InChI is InChI=1S/C54H42N2O/c1-53(2)26-27-54(3,4)44-31-46-41(30-43(44)53)40-29-42-48(55(35-16-6-5-7-17-35)45-25-24-33-14-8-9-19-37(33)51(42)45)32-47(40)56(46)36-18-12-15-34(28-36)38-21-13-23-50-52(38)39-20-10-11-22-49(39)57-50/h5-25,28-32H,26-27H2,1-4H3. The molecule has 3 heterocycles. The van der Waals surface area contributed by atoms with Gasteiger partial charge in [-0.2, -0.15) is 0 Å². The minimum atomic E-state index is 0.0733. The van der Waals surface area contributed by atoms with Crippen molar-refractivity contribution >= 4 is 76.3 Å². The maximum absolute atomic E-state index is 6.35. The molecular formula is C54H42N2O. The Labute approximate surface area is 331 Å². The zero-order valence-electron chi connectivity index (χ0n) is 32.7. The minimum Gasteiger partial charge on any atom is -0.456 e. The van der Waals surface area contributed by atoms with Crippen molar-refractivity contribution in [2.24, 2.45) is 0 Å². The summed E-state index contributed by atoms with van der Waals surface area (Å²) in [6.07, 6.45) is 2.34. The van der Waals surface area contributed by atoms with Crippen LogP contribution < -0.4 is 0 Å². The van der Waals surface area contributed by atoms with Gasteiger partial charge >= 0.3 is 0 Å². The quantitative estimate of drug-likeness (QED) is 0.177. The van der Waals surface area contributed by atoms with Gasteiger partial charge in [-0.15, -0.1) is 0 Å². The third-order valence-corrected chi connectivity index (χ3v) is 13.3. The van der Waals surface area contributed by atoms with E-state index < -0.39 is 0 Å². The Morgan fingerprint density at radius 3 is 1.89 bits per heavy atom. The van der Waals surface area contributed by atoms with Crippen LogP contribution in [0.15, 0.2) is 162 Å². The summed E-state index contributed by atoms with van der Waals surface area (Å²) >= 11 is 0. The number of hydrogen-bond donors (Lipinski definition) is 0. The van der Waals surface area contributed by atoms with Gasteiger partial charge < -0.3 is 13.6 Å². The predicted octanol–water partition coefficient (Wildman–Crippen LogP) is 14.9. The number of para-hydroxylation sites is 2. The van der Waals surface area contributed by atoms with E-state index in [2.05, 4.69) is 188 Å². The molecular weight excluding hydrogens is 693 g/mol. The van der Waals surface area contributed by atoms with Gasteiger partial charge in [0, 0.05) is 43.7 Å². The Morgan fingerprint density at radius 2 is 1.05 bits per heavy atom. The summed E-state index contributed by atoms with van der Waals surface area (Å²) in [5.41, 5.74) is 14.5. The minimum absolute atomic E-state index is 0.0733. The molecule has 0 spiro atoms. The van der Waals surface area contributed by atoms with Gasteiger partial charge in [-0.25, -0.2) is 0 Å². The van der Waals surface area contributed by atoms with Crippen molar-refractivity contribution in [3.8, 4) is 22.5 Å². The van der Waals surface area contributed by atoms with Crippen molar-refractivity contribution in [2.75, 3.05) is 0 Å². The van der Waals surface area contributed by atoms with Crippen LogP contribution in [0.3, 0.4) is 0 Å². The Morgan fingerprint density at radius 1 is 0.421 bits per heavy atom. The molecule has 1 aliphatic rings. The second-order valence-corrected chi connectivity index (χ2v) is 17.6. The van der Waals surface area contributed by atoms with Crippen LogP contribution in [0.25, 0.3) is 98.8 Å². The summed E-state index contributed by atoms with van der Waals surface area (Å²) in [6.45, 7) is 9.75. The van der Waals surface area contributed by atoms with E-state index in [4.69, 9.17) is 4.42 Å². The van der Waals surface area contributed by atoms with E-state index >= 15 is 0 Å². The number of hydrogen-bond acceptors (Lipinski definition) is 1. The Hall–Kier alpha value is -6.58. The topological polar surface area (TPSA) is 23.0 Å². The van der Waals surface area contributed by atoms with Crippen molar-refractivity contribution < 1.29 is 4.42 Å². The van der Waals surface area contributed by atoms with Crippen LogP contribution >= 0.6 is 0 Å². The summed E-state index contributed by atoms with van der Waals surface area (Å²) in [5, 5.41) is 10.0. The van der Waals surface area contributed by atoms with Gasteiger partial charge in [0.2, 0.25) is 0 Å². The van der Waals surface area contributed by atoms with Crippen LogP contribution in [0.4, 0.5) is 0 Å². The lowest BCUT2D eigenvalue weighted by Crippen LogP contribution is -2.33. The Balaban J connectivity index is 1.23. The first-order valence-corrected chi connectivity index (χ1v) is 20.3. The number of nitrogens with zero attached hydrogens (tertiary/aromatic N) is 2. The normalized spacial score (nSPS) is 15.2. The third kappa shape index (κ3) is 4.60. The Kier molecular flexibility index (Phi) is 6.58. The maximum Gasteiger partial charge on any atom is 0.136 e. The molecule has 1 aliphatic carbocycles. The second-order valence-electron chi connectivity index (χ2n) is 17.6. The first-order valence-electron chi connectivity index (χ1n) is 20.3. The van der Waals surface area contributed by atoms with E-state index in [1.807, 2.05) is 6.07 Å². The van der Waals surface area contributed by atoms with E-state index in [9.17, 15) is 0 Å². The van der Waals surface area contributed by atoms with E-state index in [1.165, 1.54) is 89.5 Å². The lowest BCUT2D eigenvalue weighted by Gasteiger charge is -2.42. The van der Waals surface area contributed by atoms with Crippen molar-refractivity contribution in [2.45, 2.75) is 51.4 Å². The summed E-state index contributed by atoms with van der Waals surface area (Å²) in [5.74, 6) is 0. The molecule has 3 nitrogen and oxygen atoms in total. The highest BCUT2D eigenvalue weighted by Gasteiger charge is 2.38. The van der Waals surface area contributed by atoms with Crippen LogP contribution in [0.2, 0.25) is 0 Å². The van der Waals surface area contributed by atoms with Gasteiger partial charge in [0.15, 0.2) is 0 Å². The first-order chi connectivity index (χ1) is 27.7. The smallest absolute Gasteiger partial charge is 0.136 e. The fourth-order valence-corrected chi connectivity index (χ4v) is 10.3. The molecule has 0 saturated heterocycles. The molecule has 0 N–H and O–H groups in total. The molecule has 0 atom stereocenters. The number of aromatic nitrogens is 2. The highest BCUT2D eigenvalue weighted by Crippen LogP contribution is 2.50. The molecule has 12 rings (SSSR count). The number of furan rings is 1. The monoisotopic (exact) mass is 734 g/mol. The van der Waals surface area contributed by atoms with Crippen molar-refractivity contribution in [1.29, 1.82) is 0 Å². The summed E-state index contributed by atoms with van der Waals surface area (Å²) < 4.78 is 11.4.